The zero-order valence-electron chi connectivity index (χ0n) is 10.7. The van der Waals surface area contributed by atoms with Gasteiger partial charge in [-0.25, -0.2) is 4.98 Å². The number of nitrogens with one attached hydrogen (secondary N) is 1. The molecule has 1 fully saturated rings. The van der Waals surface area contributed by atoms with Crippen molar-refractivity contribution in [3.8, 4) is 10.6 Å². The van der Waals surface area contributed by atoms with Gasteiger partial charge in [0.1, 0.15) is 9.88 Å². The number of carbonyl (C=O) groups is 1. The predicted octanol–water partition coefficient (Wildman–Crippen LogP) is 2.47. The van der Waals surface area contributed by atoms with E-state index in [1.165, 1.54) is 11.3 Å². The molecule has 1 saturated heterocycles. The maximum atomic E-state index is 12.1. The lowest BCUT2D eigenvalue weighted by molar-refractivity contribution is 0.0614. The maximum absolute atomic E-state index is 12.1. The number of aliphatic hydroxyl groups is 1. The molecule has 1 unspecified atom stereocenters. The third-order valence-corrected chi connectivity index (χ3v) is 6.12. The van der Waals surface area contributed by atoms with E-state index in [9.17, 15) is 9.90 Å². The van der Waals surface area contributed by atoms with E-state index in [0.29, 0.717) is 17.2 Å². The first kappa shape index (κ1) is 14.1. The number of aromatic nitrogens is 1. The molecule has 1 amide bonds. The first-order valence-electron chi connectivity index (χ1n) is 6.23. The van der Waals surface area contributed by atoms with E-state index in [-0.39, 0.29) is 5.91 Å². The lowest BCUT2D eigenvalue weighted by Crippen LogP contribution is -2.42. The van der Waals surface area contributed by atoms with Gasteiger partial charge in [-0.3, -0.25) is 4.79 Å². The first-order chi connectivity index (χ1) is 9.66. The van der Waals surface area contributed by atoms with E-state index >= 15 is 0 Å². The number of hydrogen-bond acceptors (Lipinski definition) is 6. The maximum Gasteiger partial charge on any atom is 0.263 e. The van der Waals surface area contributed by atoms with Crippen LogP contribution in [0.25, 0.3) is 10.6 Å². The monoisotopic (exact) mass is 326 g/mol. The van der Waals surface area contributed by atoms with Gasteiger partial charge in [0, 0.05) is 23.2 Å². The highest BCUT2D eigenvalue weighted by atomic mass is 32.2. The van der Waals surface area contributed by atoms with Crippen molar-refractivity contribution < 1.29 is 9.90 Å². The van der Waals surface area contributed by atoms with Crippen LogP contribution in [-0.4, -0.2) is 39.6 Å². The molecule has 0 aliphatic carbocycles. The summed E-state index contributed by atoms with van der Waals surface area (Å²) in [6.07, 6.45) is 2.33. The van der Waals surface area contributed by atoms with Gasteiger partial charge in [-0.1, -0.05) is 0 Å². The second-order valence-corrected chi connectivity index (χ2v) is 7.67. The number of thiophene rings is 1. The van der Waals surface area contributed by atoms with Crippen molar-refractivity contribution >= 4 is 40.3 Å². The van der Waals surface area contributed by atoms with Crippen molar-refractivity contribution in [3.63, 3.8) is 0 Å². The topological polar surface area (TPSA) is 62.2 Å². The van der Waals surface area contributed by atoms with E-state index in [2.05, 4.69) is 10.3 Å². The summed E-state index contributed by atoms with van der Waals surface area (Å²) in [7, 11) is 0. The van der Waals surface area contributed by atoms with E-state index < -0.39 is 5.60 Å². The summed E-state index contributed by atoms with van der Waals surface area (Å²) in [6, 6.07) is 1.99. The number of thioether (sulfide) groups is 1. The number of thiazole rings is 1. The van der Waals surface area contributed by atoms with Crippen molar-refractivity contribution in [1.29, 1.82) is 0 Å². The molecule has 7 heteroatoms. The number of rotatable bonds is 4. The Kier molecular flexibility index (Phi) is 4.11. The van der Waals surface area contributed by atoms with Gasteiger partial charge in [-0.15, -0.1) is 11.3 Å². The Morgan fingerprint density at radius 1 is 1.55 bits per heavy atom. The molecule has 106 valence electrons. The van der Waals surface area contributed by atoms with Crippen LogP contribution in [0, 0.1) is 0 Å². The molecule has 0 saturated carbocycles. The fourth-order valence-corrected chi connectivity index (χ4v) is 4.81. The van der Waals surface area contributed by atoms with Crippen LogP contribution in [0.2, 0.25) is 0 Å². The molecule has 2 aromatic rings. The van der Waals surface area contributed by atoms with Crippen molar-refractivity contribution in [2.45, 2.75) is 12.0 Å². The third kappa shape index (κ3) is 3.06. The molecule has 0 bridgehead atoms. The summed E-state index contributed by atoms with van der Waals surface area (Å²) in [5.41, 5.74) is 0.297. The first-order valence-corrected chi connectivity index (χ1v) is 9.14. The zero-order chi connectivity index (χ0) is 14.0. The standard InChI is InChI=1S/C13H14N2O2S3/c16-11(15-7-13(17)2-4-19-8-13)10-5-14-12(20-10)9-1-3-18-6-9/h1,3,5-6,17H,2,4,7-8H2,(H,15,16). The highest BCUT2D eigenvalue weighted by Gasteiger charge is 2.32. The highest BCUT2D eigenvalue weighted by molar-refractivity contribution is 7.99. The van der Waals surface area contributed by atoms with Crippen LogP contribution in [0.4, 0.5) is 0 Å². The Morgan fingerprint density at radius 2 is 2.45 bits per heavy atom. The smallest absolute Gasteiger partial charge is 0.263 e. The minimum atomic E-state index is -0.749. The van der Waals surface area contributed by atoms with Crippen LogP contribution in [-0.2, 0) is 0 Å². The van der Waals surface area contributed by atoms with Crippen LogP contribution in [0.15, 0.2) is 23.0 Å². The lowest BCUT2D eigenvalue weighted by Gasteiger charge is -2.21. The van der Waals surface area contributed by atoms with Gasteiger partial charge >= 0.3 is 0 Å². The molecule has 3 rings (SSSR count). The molecule has 2 aromatic heterocycles. The Hall–Kier alpha value is -0.890. The summed E-state index contributed by atoms with van der Waals surface area (Å²) in [4.78, 5) is 16.9. The van der Waals surface area contributed by atoms with Crippen LogP contribution < -0.4 is 5.32 Å². The van der Waals surface area contributed by atoms with E-state index in [0.717, 1.165) is 22.7 Å². The molecular weight excluding hydrogens is 312 g/mol. The molecule has 0 spiro atoms. The molecule has 1 aliphatic rings. The normalized spacial score (nSPS) is 22.1. The fourth-order valence-electron chi connectivity index (χ4n) is 1.97. The summed E-state index contributed by atoms with van der Waals surface area (Å²) in [6.45, 7) is 0.310. The van der Waals surface area contributed by atoms with E-state index in [1.54, 1.807) is 29.3 Å². The van der Waals surface area contributed by atoms with Gasteiger partial charge in [0.2, 0.25) is 0 Å². The molecule has 1 aliphatic heterocycles. The summed E-state index contributed by atoms with van der Waals surface area (Å²) >= 11 is 4.71. The number of nitrogens with zero attached hydrogens (tertiary/aromatic N) is 1. The van der Waals surface area contributed by atoms with Gasteiger partial charge < -0.3 is 10.4 Å². The van der Waals surface area contributed by atoms with Crippen molar-refractivity contribution in [2.75, 3.05) is 18.1 Å². The molecule has 4 nitrogen and oxygen atoms in total. The van der Waals surface area contributed by atoms with E-state index in [4.69, 9.17) is 0 Å². The van der Waals surface area contributed by atoms with Gasteiger partial charge in [0.15, 0.2) is 0 Å². The van der Waals surface area contributed by atoms with E-state index in [1.807, 2.05) is 16.8 Å². The lowest BCUT2D eigenvalue weighted by atomic mass is 10.0. The van der Waals surface area contributed by atoms with Crippen LogP contribution in [0.3, 0.4) is 0 Å². The van der Waals surface area contributed by atoms with Gasteiger partial charge in [0.25, 0.3) is 5.91 Å². The largest absolute Gasteiger partial charge is 0.387 e. The molecular formula is C13H14N2O2S3. The second-order valence-electron chi connectivity index (χ2n) is 4.75. The fraction of sp³-hybridized carbons (Fsp3) is 0.385. The van der Waals surface area contributed by atoms with Crippen LogP contribution >= 0.6 is 34.4 Å². The molecule has 20 heavy (non-hydrogen) atoms. The predicted molar refractivity (Wildman–Crippen MR) is 84.7 cm³/mol. The zero-order valence-corrected chi connectivity index (χ0v) is 13.1. The molecule has 0 aromatic carbocycles. The Bertz CT molecular complexity index is 589. The van der Waals surface area contributed by atoms with Gasteiger partial charge in [-0.05, 0) is 23.6 Å². The average molecular weight is 326 g/mol. The quantitative estimate of drug-likeness (QED) is 0.906. The number of carbonyl (C=O) groups excluding carboxylic acids is 1. The Morgan fingerprint density at radius 3 is 3.15 bits per heavy atom. The molecule has 0 radical (unpaired) electrons. The van der Waals surface area contributed by atoms with Crippen molar-refractivity contribution in [1.82, 2.24) is 10.3 Å². The second kappa shape index (κ2) is 5.85. The summed E-state index contributed by atoms with van der Waals surface area (Å²) in [5, 5.41) is 17.9. The Labute approximate surface area is 129 Å². The minimum absolute atomic E-state index is 0.158. The highest BCUT2D eigenvalue weighted by Crippen LogP contribution is 2.28. The van der Waals surface area contributed by atoms with Crippen LogP contribution in [0.5, 0.6) is 0 Å². The summed E-state index contributed by atoms with van der Waals surface area (Å²) < 4.78 is 0. The van der Waals surface area contributed by atoms with Crippen molar-refractivity contribution in [3.05, 3.63) is 27.9 Å². The molecule has 1 atom stereocenters. The minimum Gasteiger partial charge on any atom is -0.387 e. The molecule has 3 heterocycles. The SMILES string of the molecule is O=C(NCC1(O)CCSC1)c1cnc(-c2ccsc2)s1. The third-order valence-electron chi connectivity index (χ3n) is 3.16. The Balaban J connectivity index is 1.63. The molecule has 2 N–H and O–H groups in total. The van der Waals surface area contributed by atoms with Gasteiger partial charge in [0.05, 0.1) is 11.8 Å². The number of amides is 1. The van der Waals surface area contributed by atoms with Gasteiger partial charge in [-0.2, -0.15) is 23.1 Å². The van der Waals surface area contributed by atoms with Crippen molar-refractivity contribution in [2.24, 2.45) is 0 Å². The number of hydrogen-bond donors (Lipinski definition) is 2. The summed E-state index contributed by atoms with van der Waals surface area (Å²) in [5.74, 6) is 1.49. The average Bonchev–Trinajstić information content (AvgIpc) is 3.16. The van der Waals surface area contributed by atoms with Crippen LogP contribution in [0.1, 0.15) is 16.1 Å².